The molecule has 0 radical (unpaired) electrons. The van der Waals surface area contributed by atoms with Crippen LogP contribution in [0.1, 0.15) is 32.4 Å². The van der Waals surface area contributed by atoms with Gasteiger partial charge in [-0.2, -0.15) is 0 Å². The van der Waals surface area contributed by atoms with E-state index in [4.69, 9.17) is 0 Å². The van der Waals surface area contributed by atoms with E-state index in [2.05, 4.69) is 10.3 Å². The van der Waals surface area contributed by atoms with Gasteiger partial charge in [0.25, 0.3) is 11.8 Å². The number of para-hydroxylation sites is 1. The van der Waals surface area contributed by atoms with E-state index in [-0.39, 0.29) is 24.3 Å². The molecule has 2 aliphatic rings. The van der Waals surface area contributed by atoms with Crippen LogP contribution in [0.2, 0.25) is 0 Å². The zero-order valence-electron chi connectivity index (χ0n) is 16.9. The Hall–Kier alpha value is -4.39. The van der Waals surface area contributed by atoms with Gasteiger partial charge < -0.3 is 15.2 Å². The topological polar surface area (TPSA) is 85.5 Å². The third-order valence-electron chi connectivity index (χ3n) is 6.07. The molecule has 0 bridgehead atoms. The van der Waals surface area contributed by atoms with E-state index in [1.807, 2.05) is 42.6 Å². The first kappa shape index (κ1) is 18.4. The molecular weight excluding hydrogens is 404 g/mol. The van der Waals surface area contributed by atoms with Gasteiger partial charge in [-0.3, -0.25) is 19.3 Å². The molecule has 1 atom stereocenters. The van der Waals surface area contributed by atoms with Crippen molar-refractivity contribution in [1.29, 1.82) is 0 Å². The zero-order valence-corrected chi connectivity index (χ0v) is 16.9. The van der Waals surface area contributed by atoms with E-state index < -0.39 is 6.17 Å². The van der Waals surface area contributed by atoms with Gasteiger partial charge in [0, 0.05) is 28.2 Å². The molecule has 156 valence electrons. The van der Waals surface area contributed by atoms with Crippen LogP contribution in [0.25, 0.3) is 10.9 Å². The molecule has 6 rings (SSSR count). The Morgan fingerprint density at radius 2 is 1.66 bits per heavy atom. The molecule has 7 nitrogen and oxygen atoms in total. The maximum atomic E-state index is 13.4. The number of rotatable bonds is 3. The fourth-order valence-electron chi connectivity index (χ4n) is 4.67. The van der Waals surface area contributed by atoms with Crippen LogP contribution in [-0.2, 0) is 4.79 Å². The van der Waals surface area contributed by atoms with Crippen LogP contribution in [-0.4, -0.2) is 34.2 Å². The third kappa shape index (κ3) is 2.58. The van der Waals surface area contributed by atoms with Crippen molar-refractivity contribution in [2.45, 2.75) is 6.17 Å². The summed E-state index contributed by atoms with van der Waals surface area (Å²) in [6, 6.07) is 21.8. The minimum atomic E-state index is -0.657. The number of benzene rings is 3. The number of hydrogen-bond acceptors (Lipinski definition) is 3. The fourth-order valence-corrected chi connectivity index (χ4v) is 4.67. The van der Waals surface area contributed by atoms with Crippen LogP contribution < -0.4 is 10.2 Å². The van der Waals surface area contributed by atoms with Crippen molar-refractivity contribution in [3.63, 3.8) is 0 Å². The SMILES string of the molecule is O=C(CN1C(=O)c2ccccc2N2C(=O)c3ccccc3[C@H]12)Nc1cccc2[nH]ccc12. The second-order valence-corrected chi connectivity index (χ2v) is 7.88. The molecule has 3 amide bonds. The Morgan fingerprint density at radius 3 is 2.53 bits per heavy atom. The first-order chi connectivity index (χ1) is 15.6. The first-order valence-corrected chi connectivity index (χ1v) is 10.3. The van der Waals surface area contributed by atoms with Gasteiger partial charge >= 0.3 is 0 Å². The maximum absolute atomic E-state index is 13.4. The molecule has 0 saturated carbocycles. The summed E-state index contributed by atoms with van der Waals surface area (Å²) >= 11 is 0. The predicted molar refractivity (Wildman–Crippen MR) is 120 cm³/mol. The number of amides is 3. The number of nitrogens with one attached hydrogen (secondary N) is 2. The lowest BCUT2D eigenvalue weighted by Gasteiger charge is -2.40. The van der Waals surface area contributed by atoms with Crippen molar-refractivity contribution in [2.75, 3.05) is 16.8 Å². The summed E-state index contributed by atoms with van der Waals surface area (Å²) in [6.07, 6.45) is 1.15. The lowest BCUT2D eigenvalue weighted by Crippen LogP contribution is -2.50. The zero-order chi connectivity index (χ0) is 21.8. The normalized spacial score (nSPS) is 16.7. The van der Waals surface area contributed by atoms with Crippen molar-refractivity contribution in [2.24, 2.45) is 0 Å². The minimum Gasteiger partial charge on any atom is -0.361 e. The summed E-state index contributed by atoms with van der Waals surface area (Å²) in [5.41, 5.74) is 3.82. The molecule has 2 aliphatic heterocycles. The van der Waals surface area contributed by atoms with Crippen molar-refractivity contribution in [3.8, 4) is 0 Å². The third-order valence-corrected chi connectivity index (χ3v) is 6.07. The molecule has 3 heterocycles. The number of anilines is 2. The quantitative estimate of drug-likeness (QED) is 0.525. The summed E-state index contributed by atoms with van der Waals surface area (Å²) in [7, 11) is 0. The molecule has 0 aliphatic carbocycles. The van der Waals surface area contributed by atoms with Gasteiger partial charge in [-0.25, -0.2) is 0 Å². The lowest BCUT2D eigenvalue weighted by atomic mass is 10.0. The summed E-state index contributed by atoms with van der Waals surface area (Å²) in [6.45, 7) is -0.184. The van der Waals surface area contributed by atoms with Gasteiger partial charge in [0.15, 0.2) is 0 Å². The second-order valence-electron chi connectivity index (χ2n) is 7.88. The molecular formula is C25H18N4O3. The van der Waals surface area contributed by atoms with Crippen molar-refractivity contribution in [1.82, 2.24) is 9.88 Å². The Kier molecular flexibility index (Phi) is 3.91. The summed E-state index contributed by atoms with van der Waals surface area (Å²) < 4.78 is 0. The van der Waals surface area contributed by atoms with Crippen LogP contribution in [0.5, 0.6) is 0 Å². The number of hydrogen-bond donors (Lipinski definition) is 2. The van der Waals surface area contributed by atoms with Crippen LogP contribution in [0.3, 0.4) is 0 Å². The number of aromatic nitrogens is 1. The maximum Gasteiger partial charge on any atom is 0.260 e. The van der Waals surface area contributed by atoms with Gasteiger partial charge in [0.05, 0.1) is 16.9 Å². The first-order valence-electron chi connectivity index (χ1n) is 10.3. The van der Waals surface area contributed by atoms with Crippen molar-refractivity contribution < 1.29 is 14.4 Å². The van der Waals surface area contributed by atoms with Gasteiger partial charge in [-0.1, -0.05) is 36.4 Å². The monoisotopic (exact) mass is 422 g/mol. The number of H-pyrrole nitrogens is 1. The van der Waals surface area contributed by atoms with E-state index in [0.717, 1.165) is 16.5 Å². The van der Waals surface area contributed by atoms with E-state index in [0.29, 0.717) is 22.5 Å². The molecule has 32 heavy (non-hydrogen) atoms. The average Bonchev–Trinajstić information content (AvgIpc) is 3.41. The van der Waals surface area contributed by atoms with Crippen LogP contribution in [0, 0.1) is 0 Å². The van der Waals surface area contributed by atoms with E-state index in [1.165, 1.54) is 4.90 Å². The lowest BCUT2D eigenvalue weighted by molar-refractivity contribution is -0.117. The number of carbonyl (C=O) groups is 3. The molecule has 7 heteroatoms. The highest BCUT2D eigenvalue weighted by Crippen LogP contribution is 2.45. The number of fused-ring (bicyclic) bond motifs is 6. The number of aromatic amines is 1. The standard InChI is InChI=1S/C25H18N4O3/c30-22(27-20-10-5-9-19-17(20)12-13-26-19)14-28-23-15-6-1-2-7-16(15)25(32)29(23)21-11-4-3-8-18(21)24(28)31/h1-13,23,26H,14H2,(H,27,30)/t23-/m1/s1. The molecule has 1 aromatic heterocycles. The van der Waals surface area contributed by atoms with Crippen LogP contribution in [0.15, 0.2) is 79.0 Å². The number of nitrogens with zero attached hydrogens (tertiary/aromatic N) is 2. The Labute approximate surface area is 183 Å². The molecule has 0 fully saturated rings. The minimum absolute atomic E-state index is 0.173. The summed E-state index contributed by atoms with van der Waals surface area (Å²) in [4.78, 5) is 45.9. The van der Waals surface area contributed by atoms with E-state index in [1.54, 1.807) is 41.3 Å². The molecule has 2 N–H and O–H groups in total. The molecule has 0 saturated heterocycles. The number of carbonyl (C=O) groups excluding carboxylic acids is 3. The summed E-state index contributed by atoms with van der Waals surface area (Å²) in [5.74, 6) is -0.780. The smallest absolute Gasteiger partial charge is 0.260 e. The molecule has 3 aromatic carbocycles. The van der Waals surface area contributed by atoms with E-state index in [9.17, 15) is 14.4 Å². The highest BCUT2D eigenvalue weighted by Gasteiger charge is 2.48. The van der Waals surface area contributed by atoms with Crippen LogP contribution in [0.4, 0.5) is 11.4 Å². The summed E-state index contributed by atoms with van der Waals surface area (Å²) in [5, 5.41) is 3.81. The van der Waals surface area contributed by atoms with Gasteiger partial charge in [0.1, 0.15) is 12.7 Å². The largest absolute Gasteiger partial charge is 0.361 e. The van der Waals surface area contributed by atoms with Crippen molar-refractivity contribution >= 4 is 40.0 Å². The van der Waals surface area contributed by atoms with E-state index >= 15 is 0 Å². The fraction of sp³-hybridized carbons (Fsp3) is 0.0800. The van der Waals surface area contributed by atoms with Crippen LogP contribution >= 0.6 is 0 Å². The predicted octanol–water partition coefficient (Wildman–Crippen LogP) is 3.92. The molecule has 0 unspecified atom stereocenters. The van der Waals surface area contributed by atoms with Gasteiger partial charge in [-0.05, 0) is 36.4 Å². The Balaban J connectivity index is 1.39. The highest BCUT2D eigenvalue weighted by atomic mass is 16.2. The Morgan fingerprint density at radius 1 is 0.875 bits per heavy atom. The van der Waals surface area contributed by atoms with Gasteiger partial charge in [0.2, 0.25) is 5.91 Å². The van der Waals surface area contributed by atoms with Gasteiger partial charge in [-0.15, -0.1) is 0 Å². The second kappa shape index (κ2) is 6.81. The average molecular weight is 422 g/mol. The molecule has 4 aromatic rings. The Bertz CT molecular complexity index is 1420. The van der Waals surface area contributed by atoms with Crippen molar-refractivity contribution in [3.05, 3.63) is 95.7 Å². The molecule has 0 spiro atoms. The highest BCUT2D eigenvalue weighted by molar-refractivity contribution is 6.17.